The third kappa shape index (κ3) is 2.92. The number of methoxy groups -OCH3 is 1. The van der Waals surface area contributed by atoms with E-state index in [1.165, 1.54) is 19.3 Å². The minimum absolute atomic E-state index is 0.390. The minimum atomic E-state index is -0.390. The highest BCUT2D eigenvalue weighted by Gasteiger charge is 2.42. The second-order valence-corrected chi connectivity index (χ2v) is 6.33. The molecule has 0 spiro atoms. The normalized spacial score (nSPS) is 31.2. The van der Waals surface area contributed by atoms with Gasteiger partial charge in [0.2, 0.25) is 0 Å². The molecule has 1 N–H and O–H groups in total. The van der Waals surface area contributed by atoms with Crippen molar-refractivity contribution in [1.82, 2.24) is 4.90 Å². The van der Waals surface area contributed by atoms with Gasteiger partial charge in [-0.1, -0.05) is 12.8 Å². The fourth-order valence-corrected chi connectivity index (χ4v) is 3.73. The molecule has 1 saturated carbocycles. The summed E-state index contributed by atoms with van der Waals surface area (Å²) in [6, 6.07) is 4.02. The summed E-state index contributed by atoms with van der Waals surface area (Å²) in [7, 11) is 1.68. The molecule has 3 rings (SSSR count). The molecule has 2 atom stereocenters. The Morgan fingerprint density at radius 1 is 1.35 bits per heavy atom. The van der Waals surface area contributed by atoms with E-state index in [1.807, 2.05) is 12.1 Å². The van der Waals surface area contributed by atoms with E-state index in [0.717, 1.165) is 44.0 Å². The van der Waals surface area contributed by atoms with Crippen LogP contribution in [0.25, 0.3) is 0 Å². The average Bonchev–Trinajstić information content (AvgIpc) is 2.87. The molecule has 1 aliphatic heterocycles. The molecular formula is C16H25NO3. The summed E-state index contributed by atoms with van der Waals surface area (Å²) in [5, 5.41) is 10.7. The first-order valence-corrected chi connectivity index (χ1v) is 7.71. The van der Waals surface area contributed by atoms with Crippen molar-refractivity contribution in [2.24, 2.45) is 5.92 Å². The van der Waals surface area contributed by atoms with Gasteiger partial charge in [0.05, 0.1) is 12.1 Å². The van der Waals surface area contributed by atoms with Crippen LogP contribution in [-0.4, -0.2) is 35.8 Å². The first kappa shape index (κ1) is 14.1. The summed E-state index contributed by atoms with van der Waals surface area (Å²) in [4.78, 5) is 2.42. The third-order valence-electron chi connectivity index (χ3n) is 4.90. The highest BCUT2D eigenvalue weighted by Crippen LogP contribution is 2.40. The molecule has 0 radical (unpaired) electrons. The minimum Gasteiger partial charge on any atom is -0.462 e. The van der Waals surface area contributed by atoms with Crippen molar-refractivity contribution in [2.75, 3.05) is 20.2 Å². The Hall–Kier alpha value is -0.840. The monoisotopic (exact) mass is 279 g/mol. The van der Waals surface area contributed by atoms with Crippen molar-refractivity contribution in [2.45, 2.75) is 50.9 Å². The van der Waals surface area contributed by atoms with Gasteiger partial charge in [-0.2, -0.15) is 0 Å². The maximum absolute atomic E-state index is 10.7. The first-order valence-electron chi connectivity index (χ1n) is 7.71. The smallest absolute Gasteiger partial charge is 0.129 e. The molecule has 2 heterocycles. The number of nitrogens with zero attached hydrogens (tertiary/aromatic N) is 1. The molecule has 4 heteroatoms. The van der Waals surface area contributed by atoms with Crippen LogP contribution in [0.15, 0.2) is 16.5 Å². The van der Waals surface area contributed by atoms with Gasteiger partial charge in [0.15, 0.2) is 0 Å². The topological polar surface area (TPSA) is 45.8 Å². The van der Waals surface area contributed by atoms with Gasteiger partial charge in [0.1, 0.15) is 18.1 Å². The number of ether oxygens (including phenoxy) is 1. The number of hydrogen-bond donors (Lipinski definition) is 1. The number of piperidine rings is 1. The number of furan rings is 1. The zero-order chi connectivity index (χ0) is 14.0. The van der Waals surface area contributed by atoms with Gasteiger partial charge in [-0.3, -0.25) is 4.90 Å². The van der Waals surface area contributed by atoms with E-state index in [9.17, 15) is 5.11 Å². The van der Waals surface area contributed by atoms with Crippen LogP contribution in [-0.2, 0) is 17.9 Å². The van der Waals surface area contributed by atoms with Crippen LogP contribution in [0.5, 0.6) is 0 Å². The molecule has 0 aromatic carbocycles. The summed E-state index contributed by atoms with van der Waals surface area (Å²) >= 11 is 0. The maximum atomic E-state index is 10.7. The van der Waals surface area contributed by atoms with Crippen molar-refractivity contribution >= 4 is 0 Å². The number of aliphatic hydroxyl groups is 1. The van der Waals surface area contributed by atoms with Crippen molar-refractivity contribution in [3.05, 3.63) is 23.7 Å². The van der Waals surface area contributed by atoms with Crippen LogP contribution in [0.3, 0.4) is 0 Å². The Morgan fingerprint density at radius 3 is 3.05 bits per heavy atom. The standard InChI is InChI=1S/C16H25NO3/c1-19-12-15-6-5-14(20-15)11-17-9-8-16(18)7-3-2-4-13(16)10-17/h5-6,13,18H,2-4,7-12H2,1H3/t13-,16-/m0/s1. The van der Waals surface area contributed by atoms with Crippen molar-refractivity contribution in [3.63, 3.8) is 0 Å². The van der Waals surface area contributed by atoms with E-state index in [0.29, 0.717) is 12.5 Å². The Labute approximate surface area is 120 Å². The SMILES string of the molecule is COCc1ccc(CN2CC[C@@]3(O)CCCC[C@H]3C2)o1. The van der Waals surface area contributed by atoms with Crippen LogP contribution in [0, 0.1) is 5.92 Å². The maximum Gasteiger partial charge on any atom is 0.129 e. The lowest BCUT2D eigenvalue weighted by molar-refractivity contribution is -0.0976. The van der Waals surface area contributed by atoms with Gasteiger partial charge in [0.25, 0.3) is 0 Å². The van der Waals surface area contributed by atoms with Gasteiger partial charge in [-0.15, -0.1) is 0 Å². The summed E-state index contributed by atoms with van der Waals surface area (Å²) in [6.45, 7) is 3.34. The van der Waals surface area contributed by atoms with Gasteiger partial charge >= 0.3 is 0 Å². The number of hydrogen-bond acceptors (Lipinski definition) is 4. The summed E-state index contributed by atoms with van der Waals surface area (Å²) in [5.74, 6) is 2.32. The molecule has 0 amide bonds. The molecule has 1 saturated heterocycles. The van der Waals surface area contributed by atoms with Gasteiger partial charge < -0.3 is 14.3 Å². The molecule has 1 aliphatic carbocycles. The average molecular weight is 279 g/mol. The predicted octanol–water partition coefficient (Wildman–Crippen LogP) is 2.55. The molecule has 20 heavy (non-hydrogen) atoms. The number of likely N-dealkylation sites (tertiary alicyclic amines) is 1. The van der Waals surface area contributed by atoms with E-state index < -0.39 is 0 Å². The first-order chi connectivity index (χ1) is 9.69. The Bertz CT molecular complexity index is 445. The fourth-order valence-electron chi connectivity index (χ4n) is 3.73. The highest BCUT2D eigenvalue weighted by atomic mass is 16.5. The molecule has 4 nitrogen and oxygen atoms in total. The van der Waals surface area contributed by atoms with E-state index in [2.05, 4.69) is 4.90 Å². The molecule has 2 aliphatic rings. The lowest BCUT2D eigenvalue weighted by Crippen LogP contribution is -2.52. The Balaban J connectivity index is 1.58. The molecule has 1 aromatic heterocycles. The van der Waals surface area contributed by atoms with Crippen molar-refractivity contribution in [1.29, 1.82) is 0 Å². The molecule has 112 valence electrons. The third-order valence-corrected chi connectivity index (χ3v) is 4.90. The summed E-state index contributed by atoms with van der Waals surface area (Å²) in [6.07, 6.45) is 5.51. The Morgan fingerprint density at radius 2 is 2.20 bits per heavy atom. The molecule has 2 fully saturated rings. The summed E-state index contributed by atoms with van der Waals surface area (Å²) in [5.41, 5.74) is -0.390. The van der Waals surface area contributed by atoms with Gasteiger partial charge in [-0.05, 0) is 31.4 Å². The largest absolute Gasteiger partial charge is 0.462 e. The predicted molar refractivity (Wildman–Crippen MR) is 76.2 cm³/mol. The number of rotatable bonds is 4. The van der Waals surface area contributed by atoms with Crippen LogP contribution < -0.4 is 0 Å². The van der Waals surface area contributed by atoms with Crippen molar-refractivity contribution in [3.8, 4) is 0 Å². The van der Waals surface area contributed by atoms with E-state index in [1.54, 1.807) is 7.11 Å². The van der Waals surface area contributed by atoms with Gasteiger partial charge in [0, 0.05) is 26.1 Å². The zero-order valence-electron chi connectivity index (χ0n) is 12.3. The molecule has 0 bridgehead atoms. The van der Waals surface area contributed by atoms with E-state index in [4.69, 9.17) is 9.15 Å². The lowest BCUT2D eigenvalue weighted by atomic mass is 9.71. The van der Waals surface area contributed by atoms with Crippen LogP contribution in [0.2, 0.25) is 0 Å². The highest BCUT2D eigenvalue weighted by molar-refractivity contribution is 5.07. The quantitative estimate of drug-likeness (QED) is 0.920. The lowest BCUT2D eigenvalue weighted by Gasteiger charge is -2.47. The Kier molecular flexibility index (Phi) is 4.15. The van der Waals surface area contributed by atoms with E-state index >= 15 is 0 Å². The zero-order valence-corrected chi connectivity index (χ0v) is 12.3. The van der Waals surface area contributed by atoms with Crippen molar-refractivity contribution < 1.29 is 14.3 Å². The van der Waals surface area contributed by atoms with Gasteiger partial charge in [-0.25, -0.2) is 0 Å². The molecule has 0 unspecified atom stereocenters. The fraction of sp³-hybridized carbons (Fsp3) is 0.750. The van der Waals surface area contributed by atoms with Crippen LogP contribution >= 0.6 is 0 Å². The van der Waals surface area contributed by atoms with Crippen LogP contribution in [0.4, 0.5) is 0 Å². The van der Waals surface area contributed by atoms with E-state index in [-0.39, 0.29) is 5.60 Å². The molecular weight excluding hydrogens is 254 g/mol. The van der Waals surface area contributed by atoms with Crippen LogP contribution in [0.1, 0.15) is 43.6 Å². The second-order valence-electron chi connectivity index (χ2n) is 6.33. The number of fused-ring (bicyclic) bond motifs is 1. The molecule has 1 aromatic rings. The second kappa shape index (κ2) is 5.88. The summed E-state index contributed by atoms with van der Waals surface area (Å²) < 4.78 is 10.8.